The minimum atomic E-state index is -0.152. The lowest BCUT2D eigenvalue weighted by molar-refractivity contribution is 0.0955. The summed E-state index contributed by atoms with van der Waals surface area (Å²) in [5, 5.41) is 11.1. The minimum Gasteiger partial charge on any atom is -0.354 e. The summed E-state index contributed by atoms with van der Waals surface area (Å²) in [7, 11) is 1.62. The average Bonchev–Trinajstić information content (AvgIpc) is 3.15. The van der Waals surface area contributed by atoms with E-state index < -0.39 is 0 Å². The van der Waals surface area contributed by atoms with Gasteiger partial charge in [0.2, 0.25) is 5.89 Å². The predicted octanol–water partition coefficient (Wildman–Crippen LogP) is 1.34. The maximum atomic E-state index is 11.7. The third kappa shape index (κ3) is 3.19. The molecule has 8 nitrogen and oxygen atoms in total. The summed E-state index contributed by atoms with van der Waals surface area (Å²) in [6, 6.07) is 2.03. The van der Waals surface area contributed by atoms with Gasteiger partial charge in [0.1, 0.15) is 5.69 Å². The van der Waals surface area contributed by atoms with Crippen LogP contribution in [0.3, 0.4) is 0 Å². The first-order chi connectivity index (χ1) is 11.7. The second-order valence-corrected chi connectivity index (χ2v) is 6.61. The number of nitrogens with zero attached hydrogens (tertiary/aromatic N) is 5. The highest BCUT2D eigenvalue weighted by atomic mass is 16.5. The van der Waals surface area contributed by atoms with E-state index in [1.165, 1.54) is 12.8 Å². The Kier molecular flexibility index (Phi) is 4.05. The Hall–Kier alpha value is -2.22. The third-order valence-electron chi connectivity index (χ3n) is 4.70. The number of nitrogens with one attached hydrogen (secondary N) is 1. The van der Waals surface area contributed by atoms with Gasteiger partial charge in [-0.05, 0) is 38.3 Å². The number of hydrogen-bond acceptors (Lipinski definition) is 6. The highest BCUT2D eigenvalue weighted by Gasteiger charge is 2.30. The monoisotopic (exact) mass is 330 g/mol. The van der Waals surface area contributed by atoms with E-state index in [0.717, 1.165) is 37.6 Å². The molecule has 2 fully saturated rings. The summed E-state index contributed by atoms with van der Waals surface area (Å²) in [4.78, 5) is 18.5. The number of likely N-dealkylation sites (tertiary alicyclic amines) is 1. The van der Waals surface area contributed by atoms with Gasteiger partial charge in [0.25, 0.3) is 5.91 Å². The van der Waals surface area contributed by atoms with E-state index in [-0.39, 0.29) is 11.9 Å². The summed E-state index contributed by atoms with van der Waals surface area (Å²) < 4.78 is 7.24. The minimum absolute atomic E-state index is 0.152. The molecule has 24 heavy (non-hydrogen) atoms. The summed E-state index contributed by atoms with van der Waals surface area (Å²) in [6.45, 7) is 2.60. The van der Waals surface area contributed by atoms with E-state index in [2.05, 4.69) is 25.5 Å². The SMILES string of the molecule is CNC(=O)c1ccn([C@@H]2CCCN(Cc3noc(C4CC4)n3)C2)n1. The molecule has 1 aliphatic carbocycles. The Morgan fingerprint density at radius 1 is 1.42 bits per heavy atom. The van der Waals surface area contributed by atoms with Crippen molar-refractivity contribution in [1.82, 2.24) is 30.1 Å². The van der Waals surface area contributed by atoms with E-state index in [0.29, 0.717) is 18.2 Å². The van der Waals surface area contributed by atoms with Crippen molar-refractivity contribution in [1.29, 1.82) is 0 Å². The zero-order valence-electron chi connectivity index (χ0n) is 13.8. The van der Waals surface area contributed by atoms with E-state index >= 15 is 0 Å². The van der Waals surface area contributed by atoms with Gasteiger partial charge in [-0.2, -0.15) is 10.1 Å². The summed E-state index contributed by atoms with van der Waals surface area (Å²) in [5.41, 5.74) is 0.460. The molecule has 1 aliphatic heterocycles. The van der Waals surface area contributed by atoms with E-state index in [1.54, 1.807) is 13.1 Å². The van der Waals surface area contributed by atoms with Crippen LogP contribution < -0.4 is 5.32 Å². The molecule has 4 rings (SSSR count). The highest BCUT2D eigenvalue weighted by Crippen LogP contribution is 2.38. The first-order valence-electron chi connectivity index (χ1n) is 8.55. The van der Waals surface area contributed by atoms with Crippen LogP contribution in [0, 0.1) is 0 Å². The molecule has 2 aliphatic rings. The van der Waals surface area contributed by atoms with Crippen molar-refractivity contribution < 1.29 is 9.32 Å². The van der Waals surface area contributed by atoms with E-state index in [4.69, 9.17) is 4.52 Å². The Bertz CT molecular complexity index is 720. The maximum absolute atomic E-state index is 11.7. The second kappa shape index (κ2) is 6.35. The molecule has 0 spiro atoms. The smallest absolute Gasteiger partial charge is 0.271 e. The van der Waals surface area contributed by atoms with Crippen LogP contribution in [-0.4, -0.2) is 50.9 Å². The van der Waals surface area contributed by atoms with Gasteiger partial charge in [-0.25, -0.2) is 0 Å². The fourth-order valence-corrected chi connectivity index (χ4v) is 3.21. The molecule has 1 saturated carbocycles. The van der Waals surface area contributed by atoms with E-state index in [9.17, 15) is 4.79 Å². The number of carbonyl (C=O) groups excluding carboxylic acids is 1. The molecule has 1 saturated heterocycles. The van der Waals surface area contributed by atoms with Gasteiger partial charge in [-0.1, -0.05) is 5.16 Å². The van der Waals surface area contributed by atoms with Crippen LogP contribution >= 0.6 is 0 Å². The van der Waals surface area contributed by atoms with Crippen molar-refractivity contribution >= 4 is 5.91 Å². The predicted molar refractivity (Wildman–Crippen MR) is 85.4 cm³/mol. The molecule has 3 heterocycles. The molecule has 0 unspecified atom stereocenters. The van der Waals surface area contributed by atoms with Crippen molar-refractivity contribution in [2.24, 2.45) is 0 Å². The Morgan fingerprint density at radius 3 is 3.08 bits per heavy atom. The van der Waals surface area contributed by atoms with Gasteiger partial charge in [0.05, 0.1) is 12.6 Å². The van der Waals surface area contributed by atoms with Crippen LogP contribution in [-0.2, 0) is 6.54 Å². The molecule has 1 atom stereocenters. The first-order valence-corrected chi connectivity index (χ1v) is 8.55. The molecule has 0 radical (unpaired) electrons. The molecule has 0 bridgehead atoms. The number of aromatic nitrogens is 4. The van der Waals surface area contributed by atoms with Crippen molar-refractivity contribution in [2.75, 3.05) is 20.1 Å². The van der Waals surface area contributed by atoms with Crippen LogP contribution in [0.5, 0.6) is 0 Å². The molecule has 2 aromatic heterocycles. The highest BCUT2D eigenvalue weighted by molar-refractivity contribution is 5.91. The maximum Gasteiger partial charge on any atom is 0.271 e. The zero-order valence-corrected chi connectivity index (χ0v) is 13.8. The normalized spacial score (nSPS) is 21.8. The number of hydrogen-bond donors (Lipinski definition) is 1. The van der Waals surface area contributed by atoms with Gasteiger partial charge in [-0.3, -0.25) is 14.4 Å². The van der Waals surface area contributed by atoms with E-state index in [1.807, 2.05) is 10.9 Å². The standard InChI is InChI=1S/C16H22N6O2/c1-17-15(23)13-6-8-22(19-13)12-3-2-7-21(9-12)10-14-18-16(24-20-14)11-4-5-11/h6,8,11-12H,2-5,7,9-10H2,1H3,(H,17,23)/t12-/m1/s1. The van der Waals surface area contributed by atoms with Gasteiger partial charge in [0, 0.05) is 25.7 Å². The van der Waals surface area contributed by atoms with Crippen LogP contribution in [0.15, 0.2) is 16.8 Å². The molecule has 128 valence electrons. The van der Waals surface area contributed by atoms with Crippen molar-refractivity contribution in [3.63, 3.8) is 0 Å². The Labute approximate surface area is 140 Å². The third-order valence-corrected chi connectivity index (χ3v) is 4.70. The molecule has 8 heteroatoms. The van der Waals surface area contributed by atoms with Gasteiger partial charge in [-0.15, -0.1) is 0 Å². The molecule has 2 aromatic rings. The van der Waals surface area contributed by atoms with Gasteiger partial charge < -0.3 is 9.84 Å². The molecule has 1 amide bonds. The van der Waals surface area contributed by atoms with Crippen molar-refractivity contribution in [3.8, 4) is 0 Å². The number of piperidine rings is 1. The summed E-state index contributed by atoms with van der Waals surface area (Å²) in [6.07, 6.45) is 6.37. The average molecular weight is 330 g/mol. The Morgan fingerprint density at radius 2 is 2.29 bits per heavy atom. The van der Waals surface area contributed by atoms with Crippen molar-refractivity contribution in [2.45, 2.75) is 44.2 Å². The Balaban J connectivity index is 1.39. The molecule has 1 N–H and O–H groups in total. The topological polar surface area (TPSA) is 89.1 Å². The van der Waals surface area contributed by atoms with Gasteiger partial charge >= 0.3 is 0 Å². The van der Waals surface area contributed by atoms with Crippen molar-refractivity contribution in [3.05, 3.63) is 29.7 Å². The largest absolute Gasteiger partial charge is 0.354 e. The summed E-state index contributed by atoms with van der Waals surface area (Å²) >= 11 is 0. The lowest BCUT2D eigenvalue weighted by atomic mass is 10.1. The van der Waals surface area contributed by atoms with Crippen LogP contribution in [0.25, 0.3) is 0 Å². The lowest BCUT2D eigenvalue weighted by Crippen LogP contribution is -2.36. The molecular weight excluding hydrogens is 308 g/mol. The molecular formula is C16H22N6O2. The zero-order chi connectivity index (χ0) is 16.5. The number of carbonyl (C=O) groups is 1. The summed E-state index contributed by atoms with van der Waals surface area (Å²) in [5.74, 6) is 1.90. The van der Waals surface area contributed by atoms with Crippen LogP contribution in [0.1, 0.15) is 59.8 Å². The quantitative estimate of drug-likeness (QED) is 0.890. The lowest BCUT2D eigenvalue weighted by Gasteiger charge is -2.31. The second-order valence-electron chi connectivity index (χ2n) is 6.61. The number of amides is 1. The fourth-order valence-electron chi connectivity index (χ4n) is 3.21. The molecule has 0 aromatic carbocycles. The van der Waals surface area contributed by atoms with Crippen LogP contribution in [0.4, 0.5) is 0 Å². The number of rotatable bonds is 5. The first kappa shape index (κ1) is 15.3. The van der Waals surface area contributed by atoms with Crippen LogP contribution in [0.2, 0.25) is 0 Å². The fraction of sp³-hybridized carbons (Fsp3) is 0.625. The van der Waals surface area contributed by atoms with Gasteiger partial charge in [0.15, 0.2) is 5.82 Å².